The molecular weight excluding hydrogens is 172 g/mol. The van der Waals surface area contributed by atoms with E-state index in [1.807, 2.05) is 6.20 Å². The number of nitrogens with zero attached hydrogens (tertiary/aromatic N) is 2. The number of rotatable bonds is 1. The molecule has 0 amide bonds. The van der Waals surface area contributed by atoms with E-state index < -0.39 is 0 Å². The van der Waals surface area contributed by atoms with Gasteiger partial charge in [0.2, 0.25) is 0 Å². The van der Waals surface area contributed by atoms with Crippen LogP contribution in [0.15, 0.2) is 6.20 Å². The summed E-state index contributed by atoms with van der Waals surface area (Å²) in [5, 5.41) is 3.41. The van der Waals surface area contributed by atoms with Gasteiger partial charge in [-0.25, -0.2) is 0 Å². The van der Waals surface area contributed by atoms with Crippen molar-refractivity contribution in [3.8, 4) is 0 Å². The Kier molecular flexibility index (Phi) is 1.30. The Morgan fingerprint density at radius 3 is 3.17 bits per heavy atom. The summed E-state index contributed by atoms with van der Waals surface area (Å²) in [5.74, 6) is 1.31. The van der Waals surface area contributed by atoms with E-state index in [9.17, 15) is 0 Å². The van der Waals surface area contributed by atoms with Gasteiger partial charge in [0, 0.05) is 18.5 Å². The molecule has 0 spiro atoms. The van der Waals surface area contributed by atoms with Gasteiger partial charge in [-0.15, -0.1) is 0 Å². The highest BCUT2D eigenvalue weighted by Gasteiger charge is 2.57. The van der Waals surface area contributed by atoms with Crippen LogP contribution in [0.1, 0.15) is 11.7 Å². The van der Waals surface area contributed by atoms with Crippen molar-refractivity contribution in [1.29, 1.82) is 0 Å². The molecule has 12 heavy (non-hydrogen) atoms. The topological polar surface area (TPSA) is 63.8 Å². The van der Waals surface area contributed by atoms with Crippen molar-refractivity contribution in [1.82, 2.24) is 14.1 Å². The summed E-state index contributed by atoms with van der Waals surface area (Å²) in [5.41, 5.74) is 6.95. The van der Waals surface area contributed by atoms with E-state index in [2.05, 4.69) is 14.1 Å². The normalized spacial score (nSPS) is 44.4. The molecule has 1 saturated heterocycles. The van der Waals surface area contributed by atoms with Crippen molar-refractivity contribution in [2.45, 2.75) is 12.1 Å². The van der Waals surface area contributed by atoms with E-state index >= 15 is 0 Å². The van der Waals surface area contributed by atoms with Gasteiger partial charge in [-0.1, -0.05) is 0 Å². The van der Waals surface area contributed by atoms with E-state index in [0.29, 0.717) is 23.9 Å². The van der Waals surface area contributed by atoms with Crippen LogP contribution in [0.4, 0.5) is 0 Å². The second-order valence-corrected chi connectivity index (χ2v) is 4.09. The predicted octanol–water partition coefficient (Wildman–Crippen LogP) is -0.244. The predicted molar refractivity (Wildman–Crippen MR) is 45.6 cm³/mol. The second-order valence-electron chi connectivity index (χ2n) is 3.54. The number of piperidine rings is 1. The lowest BCUT2D eigenvalue weighted by molar-refractivity contribution is 0.528. The standard InChI is InChI=1S/C7H10N4S/c8-6-3-1-9-7(5(3)6)4-2-10-12-11-4/h2-3,5-7,9H,1,8H2. The van der Waals surface area contributed by atoms with Gasteiger partial charge in [0.25, 0.3) is 0 Å². The van der Waals surface area contributed by atoms with Crippen molar-refractivity contribution in [2.75, 3.05) is 6.54 Å². The van der Waals surface area contributed by atoms with Crippen LogP contribution in [-0.4, -0.2) is 21.3 Å². The number of hydrogen-bond donors (Lipinski definition) is 2. The smallest absolute Gasteiger partial charge is 0.0915 e. The minimum absolute atomic E-state index is 0.378. The molecule has 1 saturated carbocycles. The summed E-state index contributed by atoms with van der Waals surface area (Å²) >= 11 is 1.27. The molecule has 2 aliphatic rings. The molecule has 1 aliphatic heterocycles. The first-order chi connectivity index (χ1) is 5.88. The van der Waals surface area contributed by atoms with Crippen LogP contribution in [0.2, 0.25) is 0 Å². The lowest BCUT2D eigenvalue weighted by Gasteiger charge is -2.10. The molecule has 4 atom stereocenters. The van der Waals surface area contributed by atoms with E-state index in [4.69, 9.17) is 5.73 Å². The molecule has 2 fully saturated rings. The molecule has 4 nitrogen and oxygen atoms in total. The first-order valence-electron chi connectivity index (χ1n) is 4.14. The van der Waals surface area contributed by atoms with Crippen LogP contribution in [-0.2, 0) is 0 Å². The highest BCUT2D eigenvalue weighted by Crippen LogP contribution is 2.50. The van der Waals surface area contributed by atoms with Crippen molar-refractivity contribution < 1.29 is 0 Å². The molecule has 0 radical (unpaired) electrons. The Balaban J connectivity index is 1.87. The molecule has 3 rings (SSSR count). The van der Waals surface area contributed by atoms with E-state index in [1.54, 1.807) is 0 Å². The van der Waals surface area contributed by atoms with Crippen LogP contribution in [0.5, 0.6) is 0 Å². The van der Waals surface area contributed by atoms with Gasteiger partial charge in [0.1, 0.15) is 0 Å². The summed E-state index contributed by atoms with van der Waals surface area (Å²) in [4.78, 5) is 0. The molecule has 64 valence electrons. The van der Waals surface area contributed by atoms with Crippen molar-refractivity contribution >= 4 is 11.7 Å². The molecule has 5 heteroatoms. The third-order valence-corrected chi connectivity index (χ3v) is 3.44. The quantitative estimate of drug-likeness (QED) is 0.629. The van der Waals surface area contributed by atoms with E-state index in [1.165, 1.54) is 11.7 Å². The Labute approximate surface area is 74.5 Å². The number of nitrogens with two attached hydrogens (primary N) is 1. The van der Waals surface area contributed by atoms with E-state index in [0.717, 1.165) is 12.2 Å². The lowest BCUT2D eigenvalue weighted by Crippen LogP contribution is -2.25. The second kappa shape index (κ2) is 2.25. The van der Waals surface area contributed by atoms with E-state index in [-0.39, 0.29) is 0 Å². The summed E-state index contributed by atoms with van der Waals surface area (Å²) in [6, 6.07) is 0.779. The largest absolute Gasteiger partial charge is 0.327 e. The van der Waals surface area contributed by atoms with Gasteiger partial charge in [0.05, 0.1) is 29.7 Å². The Morgan fingerprint density at radius 1 is 1.67 bits per heavy atom. The summed E-state index contributed by atoms with van der Waals surface area (Å²) in [6.07, 6.45) is 1.84. The Bertz CT molecular complexity index is 286. The zero-order chi connectivity index (χ0) is 8.13. The molecule has 1 aromatic heterocycles. The molecule has 2 heterocycles. The van der Waals surface area contributed by atoms with Gasteiger partial charge in [0.15, 0.2) is 0 Å². The number of nitrogens with one attached hydrogen (secondary N) is 1. The average Bonchev–Trinajstić information content (AvgIpc) is 2.65. The van der Waals surface area contributed by atoms with Crippen molar-refractivity contribution in [3.63, 3.8) is 0 Å². The first-order valence-corrected chi connectivity index (χ1v) is 4.87. The maximum absolute atomic E-state index is 5.88. The number of hydrogen-bond acceptors (Lipinski definition) is 5. The van der Waals surface area contributed by atoms with Crippen LogP contribution < -0.4 is 11.1 Å². The molecular formula is C7H10N4S. The Morgan fingerprint density at radius 2 is 2.58 bits per heavy atom. The van der Waals surface area contributed by atoms with Crippen LogP contribution in [0.3, 0.4) is 0 Å². The average molecular weight is 182 g/mol. The maximum atomic E-state index is 5.88. The third-order valence-electron chi connectivity index (χ3n) is 2.95. The van der Waals surface area contributed by atoms with Crippen LogP contribution in [0, 0.1) is 11.8 Å². The zero-order valence-electron chi connectivity index (χ0n) is 6.47. The molecule has 1 aliphatic carbocycles. The summed E-state index contributed by atoms with van der Waals surface area (Å²) < 4.78 is 8.22. The van der Waals surface area contributed by atoms with Gasteiger partial charge >= 0.3 is 0 Å². The number of aromatic nitrogens is 2. The van der Waals surface area contributed by atoms with Gasteiger partial charge in [-0.05, 0) is 5.92 Å². The fraction of sp³-hybridized carbons (Fsp3) is 0.714. The molecule has 3 N–H and O–H groups in total. The minimum Gasteiger partial charge on any atom is -0.327 e. The minimum atomic E-state index is 0.378. The highest BCUT2D eigenvalue weighted by molar-refractivity contribution is 6.99. The van der Waals surface area contributed by atoms with Gasteiger partial charge in [-0.3, -0.25) is 0 Å². The summed E-state index contributed by atoms with van der Waals surface area (Å²) in [6.45, 7) is 1.05. The van der Waals surface area contributed by atoms with Crippen LogP contribution in [0.25, 0.3) is 0 Å². The van der Waals surface area contributed by atoms with Crippen molar-refractivity contribution in [2.24, 2.45) is 17.6 Å². The lowest BCUT2D eigenvalue weighted by atomic mass is 10.1. The molecule has 1 aromatic rings. The highest BCUT2D eigenvalue weighted by atomic mass is 32.1. The monoisotopic (exact) mass is 182 g/mol. The fourth-order valence-electron chi connectivity index (χ4n) is 2.18. The zero-order valence-corrected chi connectivity index (χ0v) is 7.29. The van der Waals surface area contributed by atoms with Gasteiger partial charge in [-0.2, -0.15) is 8.75 Å². The fourth-order valence-corrected chi connectivity index (χ4v) is 2.64. The molecule has 0 bridgehead atoms. The third kappa shape index (κ3) is 0.784. The van der Waals surface area contributed by atoms with Crippen LogP contribution >= 0.6 is 11.7 Å². The number of fused-ring (bicyclic) bond motifs is 1. The van der Waals surface area contributed by atoms with Gasteiger partial charge < -0.3 is 11.1 Å². The summed E-state index contributed by atoms with van der Waals surface area (Å²) in [7, 11) is 0. The first kappa shape index (κ1) is 6.94. The molecule has 0 aromatic carbocycles. The van der Waals surface area contributed by atoms with Crippen molar-refractivity contribution in [3.05, 3.63) is 11.9 Å². The Hall–Kier alpha value is -0.520. The molecule has 4 unspecified atom stereocenters. The maximum Gasteiger partial charge on any atom is 0.0915 e. The SMILES string of the molecule is NC1C2CNC(c3cnsn3)C12.